The van der Waals surface area contributed by atoms with Crippen molar-refractivity contribution in [2.75, 3.05) is 26.8 Å². The van der Waals surface area contributed by atoms with Gasteiger partial charge in [-0.05, 0) is 44.0 Å². The molecule has 2 aromatic rings. The SMILES string of the molecule is CCN(CC)[N+](=O)NOCc1ccc(C(OC)OC2=C3COC(c4ccc(Cl)cc4)C3=CN=C(C)C2)cc1. The fourth-order valence-corrected chi connectivity index (χ4v) is 4.46. The molecule has 1 N–H and O–H groups in total. The van der Waals surface area contributed by atoms with Gasteiger partial charge in [0.05, 0.1) is 24.6 Å². The lowest BCUT2D eigenvalue weighted by atomic mass is 9.97. The molecule has 2 aromatic carbocycles. The summed E-state index contributed by atoms with van der Waals surface area (Å²) in [6.07, 6.45) is 1.58. The van der Waals surface area contributed by atoms with Crippen LogP contribution >= 0.6 is 11.6 Å². The number of nitroso groups, excluding NO2 is 1. The second kappa shape index (κ2) is 13.0. The summed E-state index contributed by atoms with van der Waals surface area (Å²) in [6.45, 7) is 7.59. The summed E-state index contributed by atoms with van der Waals surface area (Å²) in [5, 5.41) is 2.24. The molecule has 0 bridgehead atoms. The van der Waals surface area contributed by atoms with Gasteiger partial charge in [0.1, 0.15) is 18.5 Å². The van der Waals surface area contributed by atoms with Gasteiger partial charge in [0.15, 0.2) is 0 Å². The first kappa shape index (κ1) is 27.8. The molecule has 2 unspecified atom stereocenters. The fraction of sp³-hybridized carbons (Fsp3) is 0.393. The third-order valence-electron chi connectivity index (χ3n) is 6.46. The number of rotatable bonds is 12. The minimum atomic E-state index is -0.618. The first-order valence-corrected chi connectivity index (χ1v) is 13.0. The van der Waals surface area contributed by atoms with Crippen molar-refractivity contribution in [3.63, 3.8) is 0 Å². The fourth-order valence-electron chi connectivity index (χ4n) is 4.34. The molecule has 10 heteroatoms. The third-order valence-corrected chi connectivity index (χ3v) is 6.71. The van der Waals surface area contributed by atoms with E-state index in [0.29, 0.717) is 36.1 Å². The zero-order valence-corrected chi connectivity index (χ0v) is 22.9. The number of hydrogen-bond donors (Lipinski definition) is 1. The zero-order valence-electron chi connectivity index (χ0n) is 22.1. The highest BCUT2D eigenvalue weighted by Crippen LogP contribution is 2.42. The van der Waals surface area contributed by atoms with Gasteiger partial charge < -0.3 is 14.2 Å². The van der Waals surface area contributed by atoms with E-state index in [1.807, 2.05) is 75.5 Å². The molecular weight excluding hydrogens is 508 g/mol. The van der Waals surface area contributed by atoms with Crippen LogP contribution in [0.25, 0.3) is 0 Å². The molecule has 0 amide bonds. The Hall–Kier alpha value is -3.24. The predicted octanol–water partition coefficient (Wildman–Crippen LogP) is 5.75. The van der Waals surface area contributed by atoms with Crippen LogP contribution in [0, 0.1) is 4.91 Å². The Bertz CT molecular complexity index is 1210. The molecule has 9 nitrogen and oxygen atoms in total. The largest absolute Gasteiger partial charge is 0.464 e. The molecule has 2 heterocycles. The number of fused-ring (bicyclic) bond motifs is 1. The van der Waals surface area contributed by atoms with Crippen molar-refractivity contribution in [3.8, 4) is 0 Å². The predicted molar refractivity (Wildman–Crippen MR) is 145 cm³/mol. The van der Waals surface area contributed by atoms with E-state index in [-0.39, 0.29) is 12.7 Å². The second-order valence-electron chi connectivity index (χ2n) is 8.99. The zero-order chi connectivity index (χ0) is 27.1. The highest BCUT2D eigenvalue weighted by Gasteiger charge is 2.33. The van der Waals surface area contributed by atoms with Crippen molar-refractivity contribution >= 4 is 17.3 Å². The summed E-state index contributed by atoms with van der Waals surface area (Å²) in [6, 6.07) is 15.3. The highest BCUT2D eigenvalue weighted by atomic mass is 35.5. The van der Waals surface area contributed by atoms with Crippen molar-refractivity contribution in [2.24, 2.45) is 4.99 Å². The van der Waals surface area contributed by atoms with Crippen LogP contribution in [0.5, 0.6) is 0 Å². The second-order valence-corrected chi connectivity index (χ2v) is 9.43. The van der Waals surface area contributed by atoms with Gasteiger partial charge >= 0.3 is 0 Å². The maximum absolute atomic E-state index is 12.0. The Balaban J connectivity index is 1.45. The van der Waals surface area contributed by atoms with Crippen LogP contribution in [0.2, 0.25) is 5.02 Å². The molecule has 1 saturated heterocycles. The molecule has 202 valence electrons. The summed E-state index contributed by atoms with van der Waals surface area (Å²) in [7, 11) is 1.61. The number of nitrogens with one attached hydrogen (secondary N) is 1. The van der Waals surface area contributed by atoms with Crippen molar-refractivity contribution in [1.29, 1.82) is 0 Å². The number of hydrogen-bond acceptors (Lipinski definition) is 6. The number of hydrazine groups is 2. The van der Waals surface area contributed by atoms with Crippen LogP contribution in [0.4, 0.5) is 0 Å². The van der Waals surface area contributed by atoms with E-state index in [9.17, 15) is 4.91 Å². The third kappa shape index (κ3) is 6.60. The van der Waals surface area contributed by atoms with Crippen LogP contribution < -0.4 is 5.59 Å². The standard InChI is InChI=1S/C28H34ClN4O5/c1-5-32(6-2)33(34)31-37-17-20-7-9-22(10-8-20)28(35-4)38-26-15-19(3)30-16-24-25(26)18-36-27(24)21-11-13-23(29)14-12-21/h7-14,16,27-28H,5-6,15,17-18H2,1-4H3,(H,31,34)/q+1. The van der Waals surface area contributed by atoms with Crippen molar-refractivity contribution < 1.29 is 24.0 Å². The number of aliphatic imine (C=N–C) groups is 1. The van der Waals surface area contributed by atoms with Gasteiger partial charge in [-0.3, -0.25) is 4.99 Å². The first-order valence-electron chi connectivity index (χ1n) is 12.6. The van der Waals surface area contributed by atoms with Gasteiger partial charge in [-0.15, -0.1) is 5.01 Å². The van der Waals surface area contributed by atoms with Gasteiger partial charge in [-0.1, -0.05) is 48.0 Å². The number of halogens is 1. The van der Waals surface area contributed by atoms with E-state index < -0.39 is 6.29 Å². The monoisotopic (exact) mass is 541 g/mol. The maximum atomic E-state index is 12.0. The van der Waals surface area contributed by atoms with Crippen LogP contribution in [0.1, 0.15) is 56.3 Å². The molecule has 2 aliphatic rings. The quantitative estimate of drug-likeness (QED) is 0.208. The van der Waals surface area contributed by atoms with Gasteiger partial charge in [-0.25, -0.2) is 4.84 Å². The van der Waals surface area contributed by atoms with Crippen LogP contribution in [-0.2, 0) is 25.7 Å². The Morgan fingerprint density at radius 2 is 1.87 bits per heavy atom. The highest BCUT2D eigenvalue weighted by molar-refractivity contribution is 6.30. The maximum Gasteiger partial charge on any atom is 0.274 e. The molecule has 0 aromatic heterocycles. The first-order chi connectivity index (χ1) is 18.4. The van der Waals surface area contributed by atoms with Gasteiger partial charge in [0.2, 0.25) is 6.29 Å². The van der Waals surface area contributed by atoms with Crippen molar-refractivity contribution in [1.82, 2.24) is 10.6 Å². The van der Waals surface area contributed by atoms with E-state index in [1.54, 1.807) is 12.1 Å². The van der Waals surface area contributed by atoms with Gasteiger partial charge in [0.25, 0.3) is 4.98 Å². The molecule has 1 fully saturated rings. The summed E-state index contributed by atoms with van der Waals surface area (Å²) >= 11 is 6.08. The van der Waals surface area contributed by atoms with Crippen molar-refractivity contribution in [3.05, 3.63) is 98.3 Å². The molecule has 2 aliphatic heterocycles. The van der Waals surface area contributed by atoms with Gasteiger partial charge in [-0.2, -0.15) is 0 Å². The smallest absolute Gasteiger partial charge is 0.274 e. The molecule has 0 spiro atoms. The summed E-state index contributed by atoms with van der Waals surface area (Å²) < 4.78 is 18.3. The van der Waals surface area contributed by atoms with Crippen LogP contribution in [-0.4, -0.2) is 42.5 Å². The molecule has 0 aliphatic carbocycles. The Morgan fingerprint density at radius 1 is 1.16 bits per heavy atom. The van der Waals surface area contributed by atoms with E-state index in [2.05, 4.69) is 10.6 Å². The number of nitrogens with zero attached hydrogens (tertiary/aromatic N) is 3. The minimum absolute atomic E-state index is 0.224. The van der Waals surface area contributed by atoms with Gasteiger partial charge in [0, 0.05) is 52.8 Å². The Kier molecular flexibility index (Phi) is 9.52. The molecule has 0 saturated carbocycles. The minimum Gasteiger partial charge on any atom is -0.464 e. The lowest BCUT2D eigenvalue weighted by molar-refractivity contribution is -0.788. The molecule has 2 atom stereocenters. The van der Waals surface area contributed by atoms with Crippen LogP contribution in [0.15, 0.2) is 76.6 Å². The van der Waals surface area contributed by atoms with Crippen molar-refractivity contribution in [2.45, 2.75) is 46.2 Å². The average molecular weight is 542 g/mol. The lowest BCUT2D eigenvalue weighted by Crippen LogP contribution is -2.41. The normalized spacial score (nSPS) is 17.8. The summed E-state index contributed by atoms with van der Waals surface area (Å²) in [5.74, 6) is 0.780. The average Bonchev–Trinajstić information content (AvgIpc) is 3.28. The number of allylic oxidation sites excluding steroid dienone is 1. The lowest BCUT2D eigenvalue weighted by Gasteiger charge is -2.21. The molecule has 0 radical (unpaired) electrons. The molecular formula is C28H34ClN4O5+. The van der Waals surface area contributed by atoms with E-state index in [0.717, 1.165) is 39.3 Å². The topological polar surface area (TPSA) is 84.6 Å². The molecule has 38 heavy (non-hydrogen) atoms. The van der Waals surface area contributed by atoms with Crippen LogP contribution in [0.3, 0.4) is 0 Å². The van der Waals surface area contributed by atoms with E-state index in [4.69, 9.17) is 30.6 Å². The summed E-state index contributed by atoms with van der Waals surface area (Å²) in [5.41, 5.74) is 8.06. The number of benzene rings is 2. The Labute approximate surface area is 228 Å². The number of ether oxygens (including phenoxy) is 3. The number of methoxy groups -OCH3 is 1. The summed E-state index contributed by atoms with van der Waals surface area (Å²) in [4.78, 5) is 22.5. The Morgan fingerprint density at radius 3 is 2.53 bits per heavy atom. The van der Waals surface area contributed by atoms with E-state index in [1.165, 1.54) is 0 Å². The van der Waals surface area contributed by atoms with E-state index >= 15 is 0 Å². The molecule has 4 rings (SSSR count).